The Morgan fingerprint density at radius 3 is 2.60 bits per heavy atom. The number of amides is 1. The maximum Gasteiger partial charge on any atom is 0.310 e. The minimum absolute atomic E-state index is 0.102. The number of carbonyl (C=O) groups is 2. The SMILES string of the molecule is COc1ccc(CC(=O)OCC(=O)Nc2cccc(C)c2C)cc1F. The van der Waals surface area contributed by atoms with E-state index in [-0.39, 0.29) is 12.2 Å². The van der Waals surface area contributed by atoms with Crippen molar-refractivity contribution in [2.45, 2.75) is 20.3 Å². The van der Waals surface area contributed by atoms with Crippen LogP contribution < -0.4 is 10.1 Å². The molecule has 0 fully saturated rings. The van der Waals surface area contributed by atoms with E-state index in [1.807, 2.05) is 26.0 Å². The summed E-state index contributed by atoms with van der Waals surface area (Å²) in [7, 11) is 1.36. The van der Waals surface area contributed by atoms with Gasteiger partial charge < -0.3 is 14.8 Å². The van der Waals surface area contributed by atoms with Crippen LogP contribution in [0.1, 0.15) is 16.7 Å². The van der Waals surface area contributed by atoms with E-state index in [4.69, 9.17) is 9.47 Å². The summed E-state index contributed by atoms with van der Waals surface area (Å²) in [6.07, 6.45) is -0.127. The molecule has 0 heterocycles. The molecule has 0 unspecified atom stereocenters. The van der Waals surface area contributed by atoms with Gasteiger partial charge in [0.1, 0.15) is 0 Å². The van der Waals surface area contributed by atoms with Gasteiger partial charge in [-0.3, -0.25) is 9.59 Å². The molecular weight excluding hydrogens is 325 g/mol. The van der Waals surface area contributed by atoms with E-state index in [2.05, 4.69) is 5.32 Å². The van der Waals surface area contributed by atoms with Crippen LogP contribution in [0.2, 0.25) is 0 Å². The summed E-state index contributed by atoms with van der Waals surface area (Å²) in [5.41, 5.74) is 3.13. The lowest BCUT2D eigenvalue weighted by molar-refractivity contribution is -0.146. The van der Waals surface area contributed by atoms with Gasteiger partial charge in [0.15, 0.2) is 18.2 Å². The largest absolute Gasteiger partial charge is 0.494 e. The Balaban J connectivity index is 1.86. The van der Waals surface area contributed by atoms with Gasteiger partial charge in [-0.25, -0.2) is 4.39 Å². The number of hydrogen-bond acceptors (Lipinski definition) is 4. The van der Waals surface area contributed by atoms with Crippen molar-refractivity contribution in [2.75, 3.05) is 19.0 Å². The average Bonchev–Trinajstić information content (AvgIpc) is 2.57. The highest BCUT2D eigenvalue weighted by Gasteiger charge is 2.12. The fraction of sp³-hybridized carbons (Fsp3) is 0.263. The Labute approximate surface area is 145 Å². The Morgan fingerprint density at radius 1 is 1.16 bits per heavy atom. The van der Waals surface area contributed by atoms with Crippen LogP contribution in [0.25, 0.3) is 0 Å². The number of benzene rings is 2. The highest BCUT2D eigenvalue weighted by atomic mass is 19.1. The van der Waals surface area contributed by atoms with Crippen molar-refractivity contribution in [3.63, 3.8) is 0 Å². The molecule has 0 bridgehead atoms. The van der Waals surface area contributed by atoms with E-state index in [0.29, 0.717) is 11.3 Å². The number of rotatable bonds is 6. The molecule has 6 heteroatoms. The van der Waals surface area contributed by atoms with E-state index < -0.39 is 24.3 Å². The quantitative estimate of drug-likeness (QED) is 0.817. The summed E-state index contributed by atoms with van der Waals surface area (Å²) in [5, 5.41) is 2.70. The molecule has 1 N–H and O–H groups in total. The average molecular weight is 345 g/mol. The Morgan fingerprint density at radius 2 is 1.92 bits per heavy atom. The van der Waals surface area contributed by atoms with Crippen LogP contribution in [0.4, 0.5) is 10.1 Å². The van der Waals surface area contributed by atoms with Gasteiger partial charge in [0.25, 0.3) is 5.91 Å². The maximum absolute atomic E-state index is 13.6. The van der Waals surface area contributed by atoms with E-state index in [1.54, 1.807) is 12.1 Å². The molecule has 0 aliphatic rings. The van der Waals surface area contributed by atoms with Crippen LogP contribution in [-0.2, 0) is 20.7 Å². The number of aryl methyl sites for hydroxylation is 1. The summed E-state index contributed by atoms with van der Waals surface area (Å²) < 4.78 is 23.3. The third kappa shape index (κ3) is 5.04. The van der Waals surface area contributed by atoms with Crippen molar-refractivity contribution in [3.8, 4) is 5.75 Å². The molecule has 2 rings (SSSR count). The highest BCUT2D eigenvalue weighted by Crippen LogP contribution is 2.19. The van der Waals surface area contributed by atoms with Crippen LogP contribution in [-0.4, -0.2) is 25.6 Å². The molecule has 0 aliphatic heterocycles. The molecular formula is C19H20FNO4. The molecule has 0 aromatic heterocycles. The highest BCUT2D eigenvalue weighted by molar-refractivity contribution is 5.93. The van der Waals surface area contributed by atoms with Gasteiger partial charge in [0.05, 0.1) is 13.5 Å². The smallest absolute Gasteiger partial charge is 0.310 e. The second-order valence-electron chi connectivity index (χ2n) is 5.60. The standard InChI is InChI=1S/C19H20FNO4/c1-12-5-4-6-16(13(12)2)21-18(22)11-25-19(23)10-14-7-8-17(24-3)15(20)9-14/h4-9H,10-11H2,1-3H3,(H,21,22). The molecule has 2 aromatic rings. The molecule has 1 amide bonds. The van der Waals surface area contributed by atoms with Crippen LogP contribution in [0.15, 0.2) is 36.4 Å². The Hall–Kier alpha value is -2.89. The third-order valence-electron chi connectivity index (χ3n) is 3.81. The zero-order valence-corrected chi connectivity index (χ0v) is 14.4. The van der Waals surface area contributed by atoms with Crippen molar-refractivity contribution < 1.29 is 23.5 Å². The van der Waals surface area contributed by atoms with E-state index in [0.717, 1.165) is 11.1 Å². The van der Waals surface area contributed by atoms with Gasteiger partial charge in [-0.15, -0.1) is 0 Å². The number of nitrogens with one attached hydrogen (secondary N) is 1. The summed E-state index contributed by atoms with van der Waals surface area (Å²) in [5.74, 6) is -1.49. The normalized spacial score (nSPS) is 10.2. The number of anilines is 1. The van der Waals surface area contributed by atoms with E-state index in [9.17, 15) is 14.0 Å². The lowest BCUT2D eigenvalue weighted by Gasteiger charge is -2.11. The molecule has 2 aromatic carbocycles. The summed E-state index contributed by atoms with van der Waals surface area (Å²) in [4.78, 5) is 23.7. The van der Waals surface area contributed by atoms with Crippen LogP contribution in [0.5, 0.6) is 5.75 Å². The fourth-order valence-corrected chi connectivity index (χ4v) is 2.26. The lowest BCUT2D eigenvalue weighted by atomic mass is 10.1. The summed E-state index contributed by atoms with van der Waals surface area (Å²) in [6, 6.07) is 9.77. The van der Waals surface area contributed by atoms with Crippen molar-refractivity contribution >= 4 is 17.6 Å². The van der Waals surface area contributed by atoms with Crippen molar-refractivity contribution in [2.24, 2.45) is 0 Å². The van der Waals surface area contributed by atoms with Gasteiger partial charge >= 0.3 is 5.97 Å². The first-order valence-electron chi connectivity index (χ1n) is 7.75. The van der Waals surface area contributed by atoms with Gasteiger partial charge in [0.2, 0.25) is 0 Å². The van der Waals surface area contributed by atoms with Gasteiger partial charge in [-0.1, -0.05) is 18.2 Å². The second-order valence-corrected chi connectivity index (χ2v) is 5.60. The molecule has 0 saturated heterocycles. The molecule has 0 spiro atoms. The van der Waals surface area contributed by atoms with E-state index >= 15 is 0 Å². The minimum atomic E-state index is -0.610. The van der Waals surface area contributed by atoms with Gasteiger partial charge in [-0.05, 0) is 48.7 Å². The predicted molar refractivity (Wildman–Crippen MR) is 92.2 cm³/mol. The number of halogens is 1. The predicted octanol–water partition coefficient (Wildman–Crippen LogP) is 3.18. The van der Waals surface area contributed by atoms with Gasteiger partial charge in [-0.2, -0.15) is 0 Å². The van der Waals surface area contributed by atoms with Crippen LogP contribution >= 0.6 is 0 Å². The molecule has 0 saturated carbocycles. The molecule has 132 valence electrons. The van der Waals surface area contributed by atoms with Crippen molar-refractivity contribution in [3.05, 3.63) is 58.9 Å². The number of hydrogen-bond donors (Lipinski definition) is 1. The summed E-state index contributed by atoms with van der Waals surface area (Å²) >= 11 is 0. The topological polar surface area (TPSA) is 64.6 Å². The first-order valence-corrected chi connectivity index (χ1v) is 7.75. The Kier molecular flexibility index (Phi) is 6.11. The lowest BCUT2D eigenvalue weighted by Crippen LogP contribution is -2.22. The monoisotopic (exact) mass is 345 g/mol. The molecule has 5 nitrogen and oxygen atoms in total. The number of carbonyl (C=O) groups excluding carboxylic acids is 2. The molecule has 0 radical (unpaired) electrons. The third-order valence-corrected chi connectivity index (χ3v) is 3.81. The maximum atomic E-state index is 13.6. The summed E-state index contributed by atoms with van der Waals surface area (Å²) in [6.45, 7) is 3.44. The molecule has 0 atom stereocenters. The number of esters is 1. The van der Waals surface area contributed by atoms with Gasteiger partial charge in [0, 0.05) is 5.69 Å². The van der Waals surface area contributed by atoms with Crippen molar-refractivity contribution in [1.82, 2.24) is 0 Å². The molecule has 25 heavy (non-hydrogen) atoms. The first-order chi connectivity index (χ1) is 11.9. The first kappa shape index (κ1) is 18.4. The van der Waals surface area contributed by atoms with Crippen LogP contribution in [0.3, 0.4) is 0 Å². The second kappa shape index (κ2) is 8.28. The van der Waals surface area contributed by atoms with Crippen LogP contribution in [0, 0.1) is 19.7 Å². The number of methoxy groups -OCH3 is 1. The molecule has 0 aliphatic carbocycles. The number of ether oxygens (including phenoxy) is 2. The van der Waals surface area contributed by atoms with E-state index in [1.165, 1.54) is 19.2 Å². The fourth-order valence-electron chi connectivity index (χ4n) is 2.26. The minimum Gasteiger partial charge on any atom is -0.494 e. The Bertz CT molecular complexity index is 789. The van der Waals surface area contributed by atoms with Crippen molar-refractivity contribution in [1.29, 1.82) is 0 Å². The zero-order valence-electron chi connectivity index (χ0n) is 14.4. The zero-order chi connectivity index (χ0) is 18.4.